The number of primary amides is 1. The van der Waals surface area contributed by atoms with E-state index in [0.717, 1.165) is 0 Å². The minimum Gasteiger partial charge on any atom is -0.377 e. The first kappa shape index (κ1) is 21.8. The van der Waals surface area contributed by atoms with E-state index in [1.807, 2.05) is 6.07 Å². The smallest absolute Gasteiger partial charge is 0.377 e. The SMILES string of the molecule is CO[Si](CCCNC(=O)c1ccccc1-c1ccccc1C(N)=O)(OC)OC. The highest BCUT2D eigenvalue weighted by atomic mass is 28.4. The van der Waals surface area contributed by atoms with Gasteiger partial charge in [0.15, 0.2) is 0 Å². The fraction of sp³-hybridized carbons (Fsp3) is 0.300. The van der Waals surface area contributed by atoms with Crippen LogP contribution < -0.4 is 11.1 Å². The molecule has 2 amide bonds. The lowest BCUT2D eigenvalue weighted by Crippen LogP contribution is -2.43. The third kappa shape index (κ3) is 5.05. The van der Waals surface area contributed by atoms with Crippen LogP contribution in [0.5, 0.6) is 0 Å². The first-order valence-electron chi connectivity index (χ1n) is 8.90. The van der Waals surface area contributed by atoms with Crippen molar-refractivity contribution in [2.45, 2.75) is 12.5 Å². The van der Waals surface area contributed by atoms with E-state index in [1.165, 1.54) is 0 Å². The Hall–Kier alpha value is -2.52. The van der Waals surface area contributed by atoms with Crippen LogP contribution in [0, 0.1) is 0 Å². The van der Waals surface area contributed by atoms with E-state index in [1.54, 1.807) is 63.8 Å². The Morgan fingerprint density at radius 1 is 0.893 bits per heavy atom. The Kier molecular flexibility index (Phi) is 7.88. The molecule has 0 atom stereocenters. The Balaban J connectivity index is 2.13. The molecule has 150 valence electrons. The monoisotopic (exact) mass is 402 g/mol. The van der Waals surface area contributed by atoms with Gasteiger partial charge in [0, 0.05) is 45.0 Å². The van der Waals surface area contributed by atoms with Gasteiger partial charge in [0.25, 0.3) is 5.91 Å². The molecule has 0 unspecified atom stereocenters. The zero-order chi connectivity index (χ0) is 20.6. The van der Waals surface area contributed by atoms with Crippen molar-refractivity contribution in [2.24, 2.45) is 5.73 Å². The molecule has 28 heavy (non-hydrogen) atoms. The van der Waals surface area contributed by atoms with Gasteiger partial charge in [0.2, 0.25) is 5.91 Å². The fourth-order valence-electron chi connectivity index (χ4n) is 3.01. The van der Waals surface area contributed by atoms with E-state index in [9.17, 15) is 9.59 Å². The Morgan fingerprint density at radius 3 is 1.93 bits per heavy atom. The summed E-state index contributed by atoms with van der Waals surface area (Å²) in [5.41, 5.74) is 7.62. The molecule has 8 heteroatoms. The lowest BCUT2D eigenvalue weighted by molar-refractivity contribution is 0.0948. The third-order valence-corrected chi connectivity index (χ3v) is 7.36. The molecule has 0 fully saturated rings. The standard InChI is InChI=1S/C20H26N2O5Si/c1-25-28(26-2,27-3)14-8-13-22-20(24)18-12-7-5-10-16(18)15-9-4-6-11-17(15)19(21)23/h4-7,9-12H,8,13-14H2,1-3H3,(H2,21,23)(H,22,24). The van der Waals surface area contributed by atoms with Crippen molar-refractivity contribution in [3.8, 4) is 11.1 Å². The van der Waals surface area contributed by atoms with Gasteiger partial charge in [-0.3, -0.25) is 9.59 Å². The van der Waals surface area contributed by atoms with Gasteiger partial charge in [0.1, 0.15) is 0 Å². The summed E-state index contributed by atoms with van der Waals surface area (Å²) in [6, 6.07) is 14.7. The average molecular weight is 403 g/mol. The zero-order valence-corrected chi connectivity index (χ0v) is 17.4. The number of rotatable bonds is 10. The Labute approximate surface area is 166 Å². The number of nitrogens with one attached hydrogen (secondary N) is 1. The number of hydrogen-bond donors (Lipinski definition) is 2. The zero-order valence-electron chi connectivity index (χ0n) is 16.4. The molecule has 2 aromatic rings. The second-order valence-corrected chi connectivity index (χ2v) is 9.20. The van der Waals surface area contributed by atoms with Crippen LogP contribution in [0.1, 0.15) is 27.1 Å². The molecular weight excluding hydrogens is 376 g/mol. The van der Waals surface area contributed by atoms with Crippen molar-refractivity contribution >= 4 is 20.6 Å². The van der Waals surface area contributed by atoms with Crippen molar-refractivity contribution in [1.82, 2.24) is 5.32 Å². The second kappa shape index (κ2) is 10.1. The second-order valence-electron chi connectivity index (χ2n) is 6.11. The summed E-state index contributed by atoms with van der Waals surface area (Å²) in [5.74, 6) is -0.764. The van der Waals surface area contributed by atoms with E-state index in [0.29, 0.717) is 41.3 Å². The van der Waals surface area contributed by atoms with E-state index in [-0.39, 0.29) is 5.91 Å². The Bertz CT molecular complexity index is 815. The van der Waals surface area contributed by atoms with E-state index < -0.39 is 14.7 Å². The quantitative estimate of drug-likeness (QED) is 0.470. The van der Waals surface area contributed by atoms with Gasteiger partial charge in [0.05, 0.1) is 0 Å². The largest absolute Gasteiger partial charge is 0.500 e. The van der Waals surface area contributed by atoms with Crippen LogP contribution in [0.25, 0.3) is 11.1 Å². The number of hydrogen-bond acceptors (Lipinski definition) is 5. The average Bonchev–Trinajstić information content (AvgIpc) is 2.74. The molecule has 0 bridgehead atoms. The number of benzene rings is 2. The van der Waals surface area contributed by atoms with Gasteiger partial charge < -0.3 is 24.3 Å². The van der Waals surface area contributed by atoms with Gasteiger partial charge in [-0.2, -0.15) is 0 Å². The molecule has 3 N–H and O–H groups in total. The number of nitrogens with two attached hydrogens (primary N) is 1. The molecule has 0 heterocycles. The molecule has 2 aromatic carbocycles. The van der Waals surface area contributed by atoms with Crippen LogP contribution in [0.4, 0.5) is 0 Å². The van der Waals surface area contributed by atoms with Crippen LogP contribution in [0.15, 0.2) is 48.5 Å². The minimum atomic E-state index is -2.65. The van der Waals surface area contributed by atoms with Gasteiger partial charge in [-0.25, -0.2) is 0 Å². The maximum absolute atomic E-state index is 12.7. The molecule has 0 radical (unpaired) electrons. The first-order chi connectivity index (χ1) is 13.5. The summed E-state index contributed by atoms with van der Waals surface area (Å²) in [7, 11) is 2.02. The highest BCUT2D eigenvalue weighted by Crippen LogP contribution is 2.27. The lowest BCUT2D eigenvalue weighted by Gasteiger charge is -2.24. The van der Waals surface area contributed by atoms with Crippen LogP contribution >= 0.6 is 0 Å². The van der Waals surface area contributed by atoms with Crippen molar-refractivity contribution in [2.75, 3.05) is 27.9 Å². The molecule has 2 rings (SSSR count). The van der Waals surface area contributed by atoms with Gasteiger partial charge in [-0.1, -0.05) is 36.4 Å². The normalized spacial score (nSPS) is 11.2. The summed E-state index contributed by atoms with van der Waals surface area (Å²) < 4.78 is 16.1. The predicted molar refractivity (Wildman–Crippen MR) is 109 cm³/mol. The fourth-order valence-corrected chi connectivity index (χ4v) is 4.73. The topological polar surface area (TPSA) is 99.9 Å². The molecule has 0 saturated carbocycles. The summed E-state index contributed by atoms with van der Waals surface area (Å²) in [4.78, 5) is 24.5. The summed E-state index contributed by atoms with van der Waals surface area (Å²) >= 11 is 0. The lowest BCUT2D eigenvalue weighted by atomic mass is 9.94. The van der Waals surface area contributed by atoms with Crippen molar-refractivity contribution in [1.29, 1.82) is 0 Å². The molecule has 0 aliphatic heterocycles. The number of carbonyl (C=O) groups is 2. The van der Waals surface area contributed by atoms with E-state index >= 15 is 0 Å². The number of amides is 2. The maximum atomic E-state index is 12.7. The summed E-state index contributed by atoms with van der Waals surface area (Å²) in [5, 5.41) is 2.90. The maximum Gasteiger partial charge on any atom is 0.500 e. The highest BCUT2D eigenvalue weighted by molar-refractivity contribution is 6.60. The first-order valence-corrected chi connectivity index (χ1v) is 10.8. The van der Waals surface area contributed by atoms with Crippen LogP contribution in [0.3, 0.4) is 0 Å². The van der Waals surface area contributed by atoms with Gasteiger partial charge >= 0.3 is 8.80 Å². The van der Waals surface area contributed by atoms with Crippen LogP contribution in [0.2, 0.25) is 6.04 Å². The van der Waals surface area contributed by atoms with E-state index in [4.69, 9.17) is 19.0 Å². The Morgan fingerprint density at radius 2 is 1.39 bits per heavy atom. The molecule has 0 aliphatic carbocycles. The molecule has 0 aliphatic rings. The van der Waals surface area contributed by atoms with E-state index in [2.05, 4.69) is 5.32 Å². The third-order valence-electron chi connectivity index (χ3n) is 4.53. The predicted octanol–water partition coefficient (Wildman–Crippen LogP) is 2.45. The molecule has 7 nitrogen and oxygen atoms in total. The highest BCUT2D eigenvalue weighted by Gasteiger charge is 2.36. The van der Waals surface area contributed by atoms with Crippen molar-refractivity contribution in [3.05, 3.63) is 59.7 Å². The minimum absolute atomic E-state index is 0.227. The van der Waals surface area contributed by atoms with Crippen molar-refractivity contribution < 1.29 is 22.9 Å². The van der Waals surface area contributed by atoms with Gasteiger partial charge in [-0.05, 0) is 29.7 Å². The molecule has 0 aromatic heterocycles. The summed E-state index contributed by atoms with van der Waals surface area (Å²) in [6.07, 6.45) is 0.646. The molecular formula is C20H26N2O5Si. The molecule has 0 spiro atoms. The van der Waals surface area contributed by atoms with Crippen molar-refractivity contribution in [3.63, 3.8) is 0 Å². The van der Waals surface area contributed by atoms with Gasteiger partial charge in [-0.15, -0.1) is 0 Å². The number of carbonyl (C=O) groups excluding carboxylic acids is 2. The summed E-state index contributed by atoms with van der Waals surface area (Å²) in [6.45, 7) is 0.440. The van der Waals surface area contributed by atoms with Crippen LogP contribution in [-0.2, 0) is 13.3 Å². The van der Waals surface area contributed by atoms with Crippen LogP contribution in [-0.4, -0.2) is 48.5 Å². The molecule has 0 saturated heterocycles.